The Morgan fingerprint density at radius 1 is 1.00 bits per heavy atom. The van der Waals surface area contributed by atoms with Gasteiger partial charge in [0.15, 0.2) is 0 Å². The number of pyridine rings is 1. The molecular weight excluding hydrogens is 440 g/mol. The third-order valence-electron chi connectivity index (χ3n) is 5.96. The van der Waals surface area contributed by atoms with Crippen LogP contribution in [0.25, 0.3) is 5.76 Å². The van der Waals surface area contributed by atoms with Crippen LogP contribution in [0.2, 0.25) is 0 Å². The number of Topliss-reactive ketones (excluding diaryl/α,β-unsaturated/α-hetero) is 1. The summed E-state index contributed by atoms with van der Waals surface area (Å²) in [5.74, 6) is -1.10. The van der Waals surface area contributed by atoms with E-state index >= 15 is 0 Å². The first-order chi connectivity index (χ1) is 16.6. The molecule has 1 atom stereocenters. The third kappa shape index (κ3) is 4.83. The first kappa shape index (κ1) is 24.2. The Morgan fingerprint density at radius 2 is 1.66 bits per heavy atom. The van der Waals surface area contributed by atoms with Crippen LogP contribution in [0.1, 0.15) is 57.4 Å². The van der Waals surface area contributed by atoms with Crippen LogP contribution in [0.3, 0.4) is 0 Å². The SMILES string of the molecule is CC(C)Oc1cccc(/C(O)=C2\C(=O)C(=O)N(c3ccc(C(C)(C)C)cc3)C2c2ccncc2)c1. The van der Waals surface area contributed by atoms with Crippen LogP contribution in [0, 0.1) is 0 Å². The lowest BCUT2D eigenvalue weighted by molar-refractivity contribution is -0.132. The van der Waals surface area contributed by atoms with Gasteiger partial charge in [0, 0.05) is 23.6 Å². The molecule has 4 rings (SSSR count). The number of benzene rings is 2. The van der Waals surface area contributed by atoms with E-state index in [1.54, 1.807) is 48.8 Å². The first-order valence-corrected chi connectivity index (χ1v) is 11.7. The molecule has 0 aliphatic carbocycles. The van der Waals surface area contributed by atoms with Gasteiger partial charge in [-0.25, -0.2) is 0 Å². The highest BCUT2D eigenvalue weighted by Crippen LogP contribution is 2.42. The normalized spacial score (nSPS) is 17.8. The minimum Gasteiger partial charge on any atom is -0.507 e. The highest BCUT2D eigenvalue weighted by molar-refractivity contribution is 6.51. The van der Waals surface area contributed by atoms with Gasteiger partial charge in [0.1, 0.15) is 11.5 Å². The second-order valence-corrected chi connectivity index (χ2v) is 9.94. The molecule has 1 unspecified atom stereocenters. The molecule has 0 radical (unpaired) electrons. The van der Waals surface area contributed by atoms with Gasteiger partial charge in [-0.15, -0.1) is 0 Å². The van der Waals surface area contributed by atoms with Gasteiger partial charge in [-0.2, -0.15) is 0 Å². The smallest absolute Gasteiger partial charge is 0.300 e. The summed E-state index contributed by atoms with van der Waals surface area (Å²) in [7, 11) is 0. The van der Waals surface area contributed by atoms with Crippen LogP contribution in [-0.2, 0) is 15.0 Å². The number of aromatic nitrogens is 1. The van der Waals surface area contributed by atoms with Gasteiger partial charge in [0.25, 0.3) is 11.7 Å². The summed E-state index contributed by atoms with van der Waals surface area (Å²) < 4.78 is 5.75. The summed E-state index contributed by atoms with van der Waals surface area (Å²) in [5.41, 5.74) is 2.75. The van der Waals surface area contributed by atoms with E-state index in [1.165, 1.54) is 4.90 Å². The summed E-state index contributed by atoms with van der Waals surface area (Å²) in [6.07, 6.45) is 3.16. The standard InChI is InChI=1S/C29H30N2O4/c1-18(2)35-23-8-6-7-20(17-23)26(32)24-25(19-13-15-30-16-14-19)31(28(34)27(24)33)22-11-9-21(10-12-22)29(3,4)5/h6-18,25,32H,1-5H3/b26-24+. The zero-order valence-corrected chi connectivity index (χ0v) is 20.6. The van der Waals surface area contributed by atoms with Crippen molar-refractivity contribution < 1.29 is 19.4 Å². The van der Waals surface area contributed by atoms with Gasteiger partial charge in [0.05, 0.1) is 17.7 Å². The molecule has 1 aliphatic heterocycles. The molecule has 35 heavy (non-hydrogen) atoms. The van der Waals surface area contributed by atoms with Crippen LogP contribution in [0.4, 0.5) is 5.69 Å². The number of ketones is 1. The molecule has 0 spiro atoms. The number of amides is 1. The molecular formula is C29H30N2O4. The van der Waals surface area contributed by atoms with E-state index < -0.39 is 17.7 Å². The minimum absolute atomic E-state index is 0.0304. The lowest BCUT2D eigenvalue weighted by Crippen LogP contribution is -2.29. The summed E-state index contributed by atoms with van der Waals surface area (Å²) in [4.78, 5) is 32.2. The number of nitrogens with zero attached hydrogens (tertiary/aromatic N) is 2. The molecule has 6 nitrogen and oxygen atoms in total. The third-order valence-corrected chi connectivity index (χ3v) is 5.96. The van der Waals surface area contributed by atoms with Crippen molar-refractivity contribution in [3.8, 4) is 5.75 Å². The quantitative estimate of drug-likeness (QED) is 0.290. The van der Waals surface area contributed by atoms with Gasteiger partial charge in [-0.05, 0) is 66.8 Å². The Kier molecular flexibility index (Phi) is 6.48. The molecule has 0 bridgehead atoms. The molecule has 1 aromatic heterocycles. The van der Waals surface area contributed by atoms with E-state index in [2.05, 4.69) is 25.8 Å². The number of hydrogen-bond acceptors (Lipinski definition) is 5. The Hall–Kier alpha value is -3.93. The number of carbonyl (C=O) groups excluding carboxylic acids is 2. The molecule has 180 valence electrons. The average molecular weight is 471 g/mol. The molecule has 1 amide bonds. The first-order valence-electron chi connectivity index (χ1n) is 11.7. The van der Waals surface area contributed by atoms with E-state index in [0.29, 0.717) is 22.6 Å². The largest absolute Gasteiger partial charge is 0.507 e. The van der Waals surface area contributed by atoms with E-state index in [1.807, 2.05) is 38.1 Å². The van der Waals surface area contributed by atoms with E-state index in [9.17, 15) is 14.7 Å². The number of aliphatic hydroxyl groups is 1. The van der Waals surface area contributed by atoms with Crippen molar-refractivity contribution in [2.24, 2.45) is 0 Å². The number of rotatable bonds is 5. The topological polar surface area (TPSA) is 79.7 Å². The van der Waals surface area contributed by atoms with Crippen LogP contribution in [-0.4, -0.2) is 27.9 Å². The molecule has 0 saturated carbocycles. The monoisotopic (exact) mass is 470 g/mol. The maximum atomic E-state index is 13.3. The van der Waals surface area contributed by atoms with Crippen LogP contribution < -0.4 is 9.64 Å². The van der Waals surface area contributed by atoms with Crippen molar-refractivity contribution >= 4 is 23.1 Å². The predicted octanol–water partition coefficient (Wildman–Crippen LogP) is 5.79. The van der Waals surface area contributed by atoms with Gasteiger partial charge < -0.3 is 9.84 Å². The molecule has 1 fully saturated rings. The Balaban J connectivity index is 1.86. The molecule has 3 aromatic rings. The Labute approximate surface area is 205 Å². The molecule has 1 aliphatic rings. The maximum Gasteiger partial charge on any atom is 0.300 e. The highest BCUT2D eigenvalue weighted by Gasteiger charge is 2.47. The van der Waals surface area contributed by atoms with Gasteiger partial charge in [-0.3, -0.25) is 19.5 Å². The van der Waals surface area contributed by atoms with Gasteiger partial charge >= 0.3 is 0 Å². The fraction of sp³-hybridized carbons (Fsp3) is 0.276. The molecule has 6 heteroatoms. The maximum absolute atomic E-state index is 13.3. The zero-order valence-electron chi connectivity index (χ0n) is 20.6. The van der Waals surface area contributed by atoms with Crippen molar-refractivity contribution in [3.05, 3.63) is 95.3 Å². The van der Waals surface area contributed by atoms with Crippen molar-refractivity contribution in [2.45, 2.75) is 52.2 Å². The zero-order chi connectivity index (χ0) is 25.3. The van der Waals surface area contributed by atoms with Gasteiger partial charge in [0.2, 0.25) is 0 Å². The summed E-state index contributed by atoms with van der Waals surface area (Å²) >= 11 is 0. The van der Waals surface area contributed by atoms with Crippen LogP contribution in [0.15, 0.2) is 78.6 Å². The highest BCUT2D eigenvalue weighted by atomic mass is 16.5. The Morgan fingerprint density at radius 3 is 2.26 bits per heavy atom. The van der Waals surface area contributed by atoms with E-state index in [-0.39, 0.29) is 22.9 Å². The van der Waals surface area contributed by atoms with E-state index in [4.69, 9.17) is 4.74 Å². The predicted molar refractivity (Wildman–Crippen MR) is 136 cm³/mol. The molecule has 1 saturated heterocycles. The van der Waals surface area contributed by atoms with Crippen molar-refractivity contribution in [1.29, 1.82) is 0 Å². The number of hydrogen-bond donors (Lipinski definition) is 1. The average Bonchev–Trinajstić information content (AvgIpc) is 3.09. The summed E-state index contributed by atoms with van der Waals surface area (Å²) in [6.45, 7) is 10.2. The number of ether oxygens (including phenoxy) is 1. The van der Waals surface area contributed by atoms with Crippen molar-refractivity contribution in [3.63, 3.8) is 0 Å². The van der Waals surface area contributed by atoms with E-state index in [0.717, 1.165) is 5.56 Å². The van der Waals surface area contributed by atoms with Crippen LogP contribution in [0.5, 0.6) is 5.75 Å². The lowest BCUT2D eigenvalue weighted by atomic mass is 9.87. The number of aliphatic hydroxyl groups excluding tert-OH is 1. The Bertz CT molecular complexity index is 1270. The minimum atomic E-state index is -0.798. The van der Waals surface area contributed by atoms with Crippen molar-refractivity contribution in [1.82, 2.24) is 4.98 Å². The van der Waals surface area contributed by atoms with Crippen molar-refractivity contribution in [2.75, 3.05) is 4.90 Å². The fourth-order valence-corrected chi connectivity index (χ4v) is 4.23. The molecule has 2 aromatic carbocycles. The second kappa shape index (κ2) is 9.37. The number of anilines is 1. The van der Waals surface area contributed by atoms with Gasteiger partial charge in [-0.1, -0.05) is 45.0 Å². The molecule has 2 heterocycles. The lowest BCUT2D eigenvalue weighted by Gasteiger charge is -2.26. The summed E-state index contributed by atoms with van der Waals surface area (Å²) in [6, 6.07) is 17.2. The molecule has 1 N–H and O–H groups in total. The second-order valence-electron chi connectivity index (χ2n) is 9.94. The van der Waals surface area contributed by atoms with Crippen LogP contribution >= 0.6 is 0 Å². The number of carbonyl (C=O) groups is 2. The fourth-order valence-electron chi connectivity index (χ4n) is 4.23. The summed E-state index contributed by atoms with van der Waals surface area (Å²) in [5, 5.41) is 11.3.